The summed E-state index contributed by atoms with van der Waals surface area (Å²) in [4.78, 5) is 17.3. The summed E-state index contributed by atoms with van der Waals surface area (Å²) >= 11 is 0. The van der Waals surface area contributed by atoms with Crippen LogP contribution in [0.15, 0.2) is 24.5 Å². The summed E-state index contributed by atoms with van der Waals surface area (Å²) in [7, 11) is 1.68. The number of carbonyl (C=O) groups excluding carboxylic acids is 1. The highest BCUT2D eigenvalue weighted by atomic mass is 16.1. The van der Waals surface area contributed by atoms with Crippen molar-refractivity contribution < 1.29 is 4.79 Å². The highest BCUT2D eigenvalue weighted by Crippen LogP contribution is 2.23. The first-order valence-electron chi connectivity index (χ1n) is 4.68. The number of rotatable bonds is 2. The Morgan fingerprint density at radius 1 is 1.50 bits per heavy atom. The van der Waals surface area contributed by atoms with E-state index in [1.165, 1.54) is 0 Å². The fourth-order valence-electron chi connectivity index (χ4n) is 1.61. The zero-order valence-corrected chi connectivity index (χ0v) is 8.10. The van der Waals surface area contributed by atoms with Gasteiger partial charge in [-0.25, -0.2) is 0 Å². The number of hydrogen-bond donors (Lipinski definition) is 1. The van der Waals surface area contributed by atoms with E-state index in [0.717, 1.165) is 18.8 Å². The quantitative estimate of drug-likeness (QED) is 0.729. The molecule has 4 nitrogen and oxygen atoms in total. The van der Waals surface area contributed by atoms with Crippen LogP contribution < -0.4 is 10.2 Å². The summed E-state index contributed by atoms with van der Waals surface area (Å²) in [5.41, 5.74) is 1.14. The van der Waals surface area contributed by atoms with Gasteiger partial charge in [0.1, 0.15) is 0 Å². The van der Waals surface area contributed by atoms with Gasteiger partial charge in [0.25, 0.3) is 0 Å². The van der Waals surface area contributed by atoms with Crippen LogP contribution in [0.3, 0.4) is 0 Å². The van der Waals surface area contributed by atoms with Crippen molar-refractivity contribution in [3.05, 3.63) is 24.5 Å². The van der Waals surface area contributed by atoms with Crippen molar-refractivity contribution in [2.24, 2.45) is 5.92 Å². The second-order valence-electron chi connectivity index (χ2n) is 3.42. The molecule has 1 aromatic heterocycles. The molecule has 2 heterocycles. The molecule has 0 atom stereocenters. The number of aromatic nitrogens is 1. The zero-order chi connectivity index (χ0) is 9.97. The second-order valence-corrected chi connectivity index (χ2v) is 3.42. The van der Waals surface area contributed by atoms with Crippen LogP contribution >= 0.6 is 0 Å². The van der Waals surface area contributed by atoms with Crippen LogP contribution in [0.5, 0.6) is 0 Å². The van der Waals surface area contributed by atoms with E-state index in [0.29, 0.717) is 0 Å². The van der Waals surface area contributed by atoms with E-state index in [9.17, 15) is 4.79 Å². The Bertz CT molecular complexity index is 319. The van der Waals surface area contributed by atoms with Gasteiger partial charge >= 0.3 is 0 Å². The van der Waals surface area contributed by atoms with E-state index in [2.05, 4.69) is 15.2 Å². The van der Waals surface area contributed by atoms with Crippen LogP contribution in [0.2, 0.25) is 0 Å². The number of amides is 1. The fourth-order valence-corrected chi connectivity index (χ4v) is 1.61. The maximum absolute atomic E-state index is 11.2. The summed E-state index contributed by atoms with van der Waals surface area (Å²) < 4.78 is 0. The number of carbonyl (C=O) groups is 1. The number of nitrogens with zero attached hydrogens (tertiary/aromatic N) is 2. The molecule has 1 aliphatic heterocycles. The zero-order valence-electron chi connectivity index (χ0n) is 8.10. The van der Waals surface area contributed by atoms with Crippen LogP contribution in [0.1, 0.15) is 0 Å². The maximum atomic E-state index is 11.2. The summed E-state index contributed by atoms with van der Waals surface area (Å²) in [6.07, 6.45) is 3.53. The van der Waals surface area contributed by atoms with E-state index >= 15 is 0 Å². The van der Waals surface area contributed by atoms with Gasteiger partial charge in [-0.3, -0.25) is 9.78 Å². The van der Waals surface area contributed by atoms with Gasteiger partial charge in [0.2, 0.25) is 5.91 Å². The Labute approximate surface area is 82.9 Å². The number of anilines is 1. The Morgan fingerprint density at radius 3 is 2.71 bits per heavy atom. The third-order valence-corrected chi connectivity index (χ3v) is 2.53. The minimum atomic E-state index is 0.135. The van der Waals surface area contributed by atoms with Crippen molar-refractivity contribution in [1.29, 1.82) is 0 Å². The maximum Gasteiger partial charge on any atom is 0.226 e. The molecule has 1 N–H and O–H groups in total. The molecule has 1 fully saturated rings. The Balaban J connectivity index is 1.92. The molecule has 0 unspecified atom stereocenters. The highest BCUT2D eigenvalue weighted by molar-refractivity contribution is 5.81. The monoisotopic (exact) mass is 191 g/mol. The van der Waals surface area contributed by atoms with Crippen LogP contribution in [0.25, 0.3) is 0 Å². The van der Waals surface area contributed by atoms with E-state index in [1.54, 1.807) is 19.4 Å². The Morgan fingerprint density at radius 2 is 2.14 bits per heavy atom. The molecule has 1 amide bonds. The van der Waals surface area contributed by atoms with Crippen molar-refractivity contribution in [1.82, 2.24) is 10.3 Å². The molecule has 4 heteroatoms. The third-order valence-electron chi connectivity index (χ3n) is 2.53. The van der Waals surface area contributed by atoms with Gasteiger partial charge in [-0.2, -0.15) is 0 Å². The highest BCUT2D eigenvalue weighted by Gasteiger charge is 2.31. The predicted octanol–water partition coefficient (Wildman–Crippen LogP) is 0.264. The van der Waals surface area contributed by atoms with Crippen molar-refractivity contribution in [3.8, 4) is 0 Å². The SMILES string of the molecule is CNC(=O)C1CN(c2ccncc2)C1. The van der Waals surface area contributed by atoms with Crippen molar-refractivity contribution >= 4 is 11.6 Å². The average Bonchev–Trinajstić information content (AvgIpc) is 2.17. The molecule has 1 aromatic rings. The lowest BCUT2D eigenvalue weighted by atomic mass is 9.98. The minimum Gasteiger partial charge on any atom is -0.370 e. The topological polar surface area (TPSA) is 45.2 Å². The van der Waals surface area contributed by atoms with E-state index in [-0.39, 0.29) is 11.8 Å². The summed E-state index contributed by atoms with van der Waals surface area (Å²) in [6.45, 7) is 1.62. The van der Waals surface area contributed by atoms with Crippen LogP contribution in [-0.4, -0.2) is 31.0 Å². The van der Waals surface area contributed by atoms with Gasteiger partial charge in [-0.15, -0.1) is 0 Å². The van der Waals surface area contributed by atoms with Crippen molar-refractivity contribution in [2.45, 2.75) is 0 Å². The van der Waals surface area contributed by atoms with Crippen molar-refractivity contribution in [3.63, 3.8) is 0 Å². The molecule has 1 aliphatic rings. The van der Waals surface area contributed by atoms with E-state index in [1.807, 2.05) is 12.1 Å². The molecule has 0 spiro atoms. The second kappa shape index (κ2) is 3.65. The molecule has 0 saturated carbocycles. The molecule has 0 bridgehead atoms. The first-order valence-corrected chi connectivity index (χ1v) is 4.68. The molecule has 2 rings (SSSR count). The predicted molar refractivity (Wildman–Crippen MR) is 54.0 cm³/mol. The molecule has 74 valence electrons. The first kappa shape index (κ1) is 8.99. The van der Waals surface area contributed by atoms with Crippen LogP contribution in [0.4, 0.5) is 5.69 Å². The fraction of sp³-hybridized carbons (Fsp3) is 0.400. The van der Waals surface area contributed by atoms with Gasteiger partial charge in [-0.05, 0) is 12.1 Å². The van der Waals surface area contributed by atoms with Gasteiger partial charge in [0.15, 0.2) is 0 Å². The molecule has 0 aliphatic carbocycles. The lowest BCUT2D eigenvalue weighted by molar-refractivity contribution is -0.125. The lowest BCUT2D eigenvalue weighted by Crippen LogP contribution is -2.53. The standard InChI is InChI=1S/C10H13N3O/c1-11-10(14)8-6-13(7-8)9-2-4-12-5-3-9/h2-5,8H,6-7H2,1H3,(H,11,14). The van der Waals surface area contributed by atoms with Crippen LogP contribution in [-0.2, 0) is 4.79 Å². The summed E-state index contributed by atoms with van der Waals surface area (Å²) in [6, 6.07) is 3.92. The lowest BCUT2D eigenvalue weighted by Gasteiger charge is -2.39. The number of pyridine rings is 1. The van der Waals surface area contributed by atoms with Gasteiger partial charge in [-0.1, -0.05) is 0 Å². The molecule has 1 saturated heterocycles. The Kier molecular flexibility index (Phi) is 2.35. The van der Waals surface area contributed by atoms with Gasteiger partial charge in [0, 0.05) is 38.2 Å². The van der Waals surface area contributed by atoms with E-state index < -0.39 is 0 Å². The summed E-state index contributed by atoms with van der Waals surface area (Å²) in [5.74, 6) is 0.281. The average molecular weight is 191 g/mol. The molecule has 0 radical (unpaired) electrons. The van der Waals surface area contributed by atoms with Gasteiger partial charge < -0.3 is 10.2 Å². The number of nitrogens with one attached hydrogen (secondary N) is 1. The van der Waals surface area contributed by atoms with E-state index in [4.69, 9.17) is 0 Å². The molecule has 14 heavy (non-hydrogen) atoms. The molecule has 0 aromatic carbocycles. The smallest absolute Gasteiger partial charge is 0.226 e. The van der Waals surface area contributed by atoms with Crippen molar-refractivity contribution in [2.75, 3.05) is 25.0 Å². The number of hydrogen-bond acceptors (Lipinski definition) is 3. The third kappa shape index (κ3) is 1.55. The largest absolute Gasteiger partial charge is 0.370 e. The minimum absolute atomic E-state index is 0.135. The van der Waals surface area contributed by atoms with Gasteiger partial charge in [0.05, 0.1) is 5.92 Å². The summed E-state index contributed by atoms with van der Waals surface area (Å²) in [5, 5.41) is 2.66. The van der Waals surface area contributed by atoms with Crippen LogP contribution in [0, 0.1) is 5.92 Å². The normalized spacial score (nSPS) is 16.2. The first-order chi connectivity index (χ1) is 6.81. The molecular formula is C10H13N3O. The molecular weight excluding hydrogens is 178 g/mol. The Hall–Kier alpha value is -1.58.